The number of nitrogens with two attached hydrogens (primary N) is 1. The van der Waals surface area contributed by atoms with Crippen molar-refractivity contribution in [2.45, 2.75) is 13.8 Å². The first kappa shape index (κ1) is 13.9. The third-order valence-corrected chi connectivity index (χ3v) is 3.89. The lowest BCUT2D eigenvalue weighted by molar-refractivity contribution is 0.103. The molecule has 22 heavy (non-hydrogen) atoms. The summed E-state index contributed by atoms with van der Waals surface area (Å²) in [5, 5.41) is 10.1. The Bertz CT molecular complexity index is 931. The quantitative estimate of drug-likeness (QED) is 0.708. The van der Waals surface area contributed by atoms with E-state index in [0.29, 0.717) is 28.0 Å². The zero-order valence-electron chi connectivity index (χ0n) is 12.4. The number of nitrogens with one attached hydrogen (secondary N) is 1. The topological polar surface area (TPSA) is 82.7 Å². The highest BCUT2D eigenvalue weighted by atomic mass is 16.1. The second-order valence-electron chi connectivity index (χ2n) is 5.36. The minimum atomic E-state index is -0.171. The first-order valence-corrected chi connectivity index (χ1v) is 6.95. The summed E-state index contributed by atoms with van der Waals surface area (Å²) in [5.74, 6) is -0.171. The summed E-state index contributed by atoms with van der Waals surface area (Å²) in [6.45, 7) is 3.80. The molecule has 1 heterocycles. The number of fused-ring (bicyclic) bond motifs is 1. The van der Waals surface area contributed by atoms with Crippen LogP contribution in [0, 0.1) is 25.2 Å². The molecule has 0 aliphatic rings. The Labute approximate surface area is 128 Å². The monoisotopic (exact) mass is 289 g/mol. The molecule has 0 aliphatic heterocycles. The van der Waals surface area contributed by atoms with Gasteiger partial charge in [0.25, 0.3) is 0 Å². The lowest BCUT2D eigenvalue weighted by Crippen LogP contribution is -2.04. The number of rotatable bonds is 2. The number of aromatic nitrogens is 1. The van der Waals surface area contributed by atoms with E-state index < -0.39 is 0 Å². The minimum Gasteiger partial charge on any atom is -0.396 e. The average Bonchev–Trinajstić information content (AvgIpc) is 2.85. The van der Waals surface area contributed by atoms with Gasteiger partial charge in [0.1, 0.15) is 11.8 Å². The van der Waals surface area contributed by atoms with Crippen molar-refractivity contribution in [2.24, 2.45) is 0 Å². The maximum atomic E-state index is 12.6. The van der Waals surface area contributed by atoms with E-state index in [2.05, 4.69) is 11.1 Å². The summed E-state index contributed by atoms with van der Waals surface area (Å²) in [4.78, 5) is 15.7. The smallest absolute Gasteiger partial charge is 0.211 e. The summed E-state index contributed by atoms with van der Waals surface area (Å²) in [5.41, 5.74) is 10.5. The molecule has 3 aromatic rings. The standard InChI is InChI=1S/C18H15N3O/c1-10-8-11(2)14-15(20)17(21-16(14)13(10)9-19)18(22)12-6-4-3-5-7-12/h3-8,21H,20H2,1-2H3. The number of carbonyl (C=O) groups excluding carboxylic acids is 1. The zero-order chi connectivity index (χ0) is 15.9. The molecule has 0 saturated heterocycles. The van der Waals surface area contributed by atoms with Gasteiger partial charge in [0.15, 0.2) is 0 Å². The zero-order valence-corrected chi connectivity index (χ0v) is 12.4. The fourth-order valence-corrected chi connectivity index (χ4v) is 2.83. The molecular weight excluding hydrogens is 274 g/mol. The van der Waals surface area contributed by atoms with Crippen molar-refractivity contribution in [3.63, 3.8) is 0 Å². The van der Waals surface area contributed by atoms with Crippen molar-refractivity contribution in [3.8, 4) is 6.07 Å². The van der Waals surface area contributed by atoms with E-state index in [4.69, 9.17) is 5.73 Å². The van der Waals surface area contributed by atoms with Gasteiger partial charge in [-0.05, 0) is 25.0 Å². The molecule has 0 bridgehead atoms. The number of carbonyl (C=O) groups is 1. The fraction of sp³-hybridized carbons (Fsp3) is 0.111. The Kier molecular flexibility index (Phi) is 3.19. The molecule has 4 nitrogen and oxygen atoms in total. The molecule has 0 spiro atoms. The van der Waals surface area contributed by atoms with E-state index in [9.17, 15) is 10.1 Å². The van der Waals surface area contributed by atoms with Crippen LogP contribution in [0.15, 0.2) is 36.4 Å². The Morgan fingerprint density at radius 2 is 1.86 bits per heavy atom. The maximum Gasteiger partial charge on any atom is 0.211 e. The Morgan fingerprint density at radius 1 is 1.18 bits per heavy atom. The van der Waals surface area contributed by atoms with E-state index in [1.165, 1.54) is 0 Å². The number of hydrogen-bond acceptors (Lipinski definition) is 3. The molecular formula is C18H15N3O. The van der Waals surface area contributed by atoms with Crippen molar-refractivity contribution >= 4 is 22.4 Å². The predicted octanol–water partition coefficient (Wildman–Crippen LogP) is 3.47. The molecule has 0 fully saturated rings. The molecule has 0 saturated carbocycles. The number of nitrogen functional groups attached to an aromatic ring is 1. The van der Waals surface area contributed by atoms with Crippen LogP contribution in [-0.4, -0.2) is 10.8 Å². The van der Waals surface area contributed by atoms with Gasteiger partial charge < -0.3 is 10.7 Å². The van der Waals surface area contributed by atoms with E-state index in [0.717, 1.165) is 16.5 Å². The van der Waals surface area contributed by atoms with Gasteiger partial charge in [-0.25, -0.2) is 0 Å². The van der Waals surface area contributed by atoms with E-state index in [-0.39, 0.29) is 5.78 Å². The van der Waals surface area contributed by atoms with Crippen LogP contribution in [0.1, 0.15) is 32.7 Å². The van der Waals surface area contributed by atoms with Gasteiger partial charge in [0, 0.05) is 10.9 Å². The number of hydrogen-bond donors (Lipinski definition) is 2. The highest BCUT2D eigenvalue weighted by Gasteiger charge is 2.21. The number of ketones is 1. The summed E-state index contributed by atoms with van der Waals surface area (Å²) in [6.07, 6.45) is 0. The van der Waals surface area contributed by atoms with Crippen LogP contribution in [-0.2, 0) is 0 Å². The summed E-state index contributed by atoms with van der Waals surface area (Å²) in [6, 6.07) is 13.1. The first-order chi connectivity index (χ1) is 10.5. The van der Waals surface area contributed by atoms with Gasteiger partial charge in [0.05, 0.1) is 16.8 Å². The Balaban J connectivity index is 2.30. The summed E-state index contributed by atoms with van der Waals surface area (Å²) < 4.78 is 0. The van der Waals surface area contributed by atoms with Gasteiger partial charge in [-0.15, -0.1) is 0 Å². The molecule has 0 radical (unpaired) electrons. The molecule has 1 aromatic heterocycles. The van der Waals surface area contributed by atoms with Gasteiger partial charge in [0.2, 0.25) is 5.78 Å². The van der Waals surface area contributed by atoms with Crippen molar-refractivity contribution in [2.75, 3.05) is 5.73 Å². The molecule has 108 valence electrons. The highest BCUT2D eigenvalue weighted by molar-refractivity contribution is 6.16. The van der Waals surface area contributed by atoms with Crippen LogP contribution in [0.5, 0.6) is 0 Å². The van der Waals surface area contributed by atoms with Crippen LogP contribution in [0.3, 0.4) is 0 Å². The SMILES string of the molecule is Cc1cc(C)c2c(N)c(C(=O)c3ccccc3)[nH]c2c1C#N. The first-order valence-electron chi connectivity index (χ1n) is 6.95. The Morgan fingerprint density at radius 3 is 2.50 bits per heavy atom. The van der Waals surface area contributed by atoms with Crippen molar-refractivity contribution < 1.29 is 4.79 Å². The third-order valence-electron chi connectivity index (χ3n) is 3.89. The largest absolute Gasteiger partial charge is 0.396 e. The molecule has 3 N–H and O–H groups in total. The second-order valence-corrected chi connectivity index (χ2v) is 5.36. The molecule has 0 amide bonds. The lowest BCUT2D eigenvalue weighted by Gasteiger charge is -2.03. The second kappa shape index (κ2) is 5.05. The van der Waals surface area contributed by atoms with Gasteiger partial charge in [-0.1, -0.05) is 36.4 Å². The highest BCUT2D eigenvalue weighted by Crippen LogP contribution is 2.33. The number of aryl methyl sites for hydroxylation is 2. The van der Waals surface area contributed by atoms with Crippen molar-refractivity contribution in [3.05, 3.63) is 64.3 Å². The van der Waals surface area contributed by atoms with E-state index >= 15 is 0 Å². The van der Waals surface area contributed by atoms with E-state index in [1.807, 2.05) is 38.1 Å². The molecule has 0 aliphatic carbocycles. The number of benzene rings is 2. The minimum absolute atomic E-state index is 0.171. The lowest BCUT2D eigenvalue weighted by atomic mass is 10.0. The molecule has 0 atom stereocenters. The van der Waals surface area contributed by atoms with Crippen LogP contribution in [0.4, 0.5) is 5.69 Å². The van der Waals surface area contributed by atoms with Gasteiger partial charge in [-0.3, -0.25) is 4.79 Å². The number of aromatic amines is 1. The molecule has 0 unspecified atom stereocenters. The van der Waals surface area contributed by atoms with Crippen LogP contribution in [0.25, 0.3) is 10.9 Å². The average molecular weight is 289 g/mol. The third kappa shape index (κ3) is 1.95. The predicted molar refractivity (Wildman–Crippen MR) is 86.8 cm³/mol. The number of nitrogens with zero attached hydrogens (tertiary/aromatic N) is 1. The Hall–Kier alpha value is -3.06. The normalized spacial score (nSPS) is 10.6. The summed E-state index contributed by atoms with van der Waals surface area (Å²) >= 11 is 0. The fourth-order valence-electron chi connectivity index (χ4n) is 2.83. The maximum absolute atomic E-state index is 12.6. The van der Waals surface area contributed by atoms with Crippen LogP contribution in [0.2, 0.25) is 0 Å². The van der Waals surface area contributed by atoms with Gasteiger partial charge >= 0.3 is 0 Å². The molecule has 2 aromatic carbocycles. The molecule has 4 heteroatoms. The van der Waals surface area contributed by atoms with Crippen LogP contribution < -0.4 is 5.73 Å². The number of H-pyrrole nitrogens is 1. The van der Waals surface area contributed by atoms with E-state index in [1.54, 1.807) is 12.1 Å². The van der Waals surface area contributed by atoms with Gasteiger partial charge in [-0.2, -0.15) is 5.26 Å². The number of nitriles is 1. The van der Waals surface area contributed by atoms with Crippen LogP contribution >= 0.6 is 0 Å². The molecule has 3 rings (SSSR count). The van der Waals surface area contributed by atoms with Crippen molar-refractivity contribution in [1.29, 1.82) is 5.26 Å². The number of anilines is 1. The summed E-state index contributed by atoms with van der Waals surface area (Å²) in [7, 11) is 0. The van der Waals surface area contributed by atoms with Crippen molar-refractivity contribution in [1.82, 2.24) is 4.98 Å².